The maximum atomic E-state index is 12.7. The van der Waals surface area contributed by atoms with E-state index in [1.807, 2.05) is 19.1 Å². The molecule has 1 unspecified atom stereocenters. The Morgan fingerprint density at radius 1 is 1.21 bits per heavy atom. The summed E-state index contributed by atoms with van der Waals surface area (Å²) in [5.74, 6) is 0. The van der Waals surface area contributed by atoms with Crippen molar-refractivity contribution in [3.63, 3.8) is 0 Å². The second kappa shape index (κ2) is 8.08. The lowest BCUT2D eigenvalue weighted by Crippen LogP contribution is -2.35. The van der Waals surface area contributed by atoms with Gasteiger partial charge in [-0.2, -0.15) is 0 Å². The maximum absolute atomic E-state index is 12.7. The van der Waals surface area contributed by atoms with Crippen LogP contribution >= 0.6 is 0 Å². The van der Waals surface area contributed by atoms with Gasteiger partial charge in [0.15, 0.2) is 0 Å². The normalized spacial score (nSPS) is 17.4. The van der Waals surface area contributed by atoms with Crippen LogP contribution in [-0.4, -0.2) is 29.4 Å². The van der Waals surface area contributed by atoms with Crippen LogP contribution in [0, 0.1) is 6.92 Å². The second-order valence-electron chi connectivity index (χ2n) is 7.65. The number of aromatic nitrogens is 3. The number of sulfonamides is 1. The van der Waals surface area contributed by atoms with Gasteiger partial charge in [0, 0.05) is 17.1 Å². The highest BCUT2D eigenvalue weighted by Crippen LogP contribution is 2.30. The summed E-state index contributed by atoms with van der Waals surface area (Å²) in [5, 5.41) is 1.02. The average molecular weight is 411 g/mol. The lowest BCUT2D eigenvalue weighted by molar-refractivity contribution is 0.525. The molecule has 0 saturated carbocycles. The van der Waals surface area contributed by atoms with Crippen LogP contribution in [0.15, 0.2) is 47.6 Å². The van der Waals surface area contributed by atoms with Crippen LogP contribution in [0.3, 0.4) is 0 Å². The quantitative estimate of drug-likeness (QED) is 0.639. The van der Waals surface area contributed by atoms with Crippen LogP contribution in [0.2, 0.25) is 0 Å². The second-order valence-corrected chi connectivity index (χ2v) is 9.37. The first kappa shape index (κ1) is 19.8. The predicted molar refractivity (Wildman–Crippen MR) is 115 cm³/mol. The van der Waals surface area contributed by atoms with Crippen molar-refractivity contribution in [3.8, 4) is 0 Å². The first-order valence-electron chi connectivity index (χ1n) is 10.1. The number of allylic oxidation sites excluding steroid dienone is 1. The summed E-state index contributed by atoms with van der Waals surface area (Å²) < 4.78 is 28.3. The van der Waals surface area contributed by atoms with E-state index in [4.69, 9.17) is 0 Å². The number of hydrogen-bond acceptors (Lipinski definition) is 4. The van der Waals surface area contributed by atoms with Gasteiger partial charge in [-0.15, -0.1) is 0 Å². The first-order chi connectivity index (χ1) is 14.0. The Bertz CT molecular complexity index is 1150. The standard InChI is InChI=1S/C22H26N4O2S/c1-3-4-16-5-11-19(12-6-16)29(27,28)26-18-9-7-17(8-10-18)21-20-13-15(2)25-22(20)24-14-23-21/h5-7,11-14,18,26H,3-4,8-10H2,1-2H3,(H,23,24,25). The molecule has 0 fully saturated rings. The summed E-state index contributed by atoms with van der Waals surface area (Å²) in [5.41, 5.74) is 5.13. The molecule has 1 aliphatic carbocycles. The van der Waals surface area contributed by atoms with E-state index in [0.29, 0.717) is 11.3 Å². The Morgan fingerprint density at radius 3 is 2.69 bits per heavy atom. The molecule has 0 spiro atoms. The monoisotopic (exact) mass is 410 g/mol. The van der Waals surface area contributed by atoms with E-state index >= 15 is 0 Å². The molecule has 0 radical (unpaired) electrons. The highest BCUT2D eigenvalue weighted by atomic mass is 32.2. The summed E-state index contributed by atoms with van der Waals surface area (Å²) in [6.07, 6.45) is 7.85. The van der Waals surface area contributed by atoms with Crippen LogP contribution in [0.1, 0.15) is 49.6 Å². The fourth-order valence-corrected chi connectivity index (χ4v) is 5.18. The fourth-order valence-electron chi connectivity index (χ4n) is 3.89. The molecule has 29 heavy (non-hydrogen) atoms. The molecule has 3 aromatic rings. The molecule has 4 rings (SSSR count). The Labute approximate surface area is 171 Å². The number of nitrogens with zero attached hydrogens (tertiary/aromatic N) is 2. The van der Waals surface area contributed by atoms with E-state index in [9.17, 15) is 8.42 Å². The predicted octanol–water partition coefficient (Wildman–Crippen LogP) is 4.13. The van der Waals surface area contributed by atoms with Crippen LogP contribution in [-0.2, 0) is 16.4 Å². The largest absolute Gasteiger partial charge is 0.343 e. The van der Waals surface area contributed by atoms with E-state index in [-0.39, 0.29) is 6.04 Å². The summed E-state index contributed by atoms with van der Waals surface area (Å²) in [6, 6.07) is 9.14. The van der Waals surface area contributed by atoms with Gasteiger partial charge >= 0.3 is 0 Å². The third-order valence-corrected chi connectivity index (χ3v) is 6.91. The third kappa shape index (κ3) is 4.26. The molecule has 0 bridgehead atoms. The minimum Gasteiger partial charge on any atom is -0.343 e. The highest BCUT2D eigenvalue weighted by Gasteiger charge is 2.23. The zero-order valence-corrected chi connectivity index (χ0v) is 17.6. The number of nitrogens with one attached hydrogen (secondary N) is 2. The molecule has 1 atom stereocenters. The smallest absolute Gasteiger partial charge is 0.240 e. The van der Waals surface area contributed by atoms with Gasteiger partial charge in [-0.3, -0.25) is 0 Å². The minimum absolute atomic E-state index is 0.107. The van der Waals surface area contributed by atoms with E-state index in [0.717, 1.165) is 59.2 Å². The highest BCUT2D eigenvalue weighted by molar-refractivity contribution is 7.89. The van der Waals surface area contributed by atoms with Crippen molar-refractivity contribution >= 4 is 26.6 Å². The van der Waals surface area contributed by atoms with Crippen molar-refractivity contribution in [1.82, 2.24) is 19.7 Å². The summed E-state index contributed by atoms with van der Waals surface area (Å²) in [7, 11) is -3.51. The molecule has 2 N–H and O–H groups in total. The number of rotatable bonds is 6. The number of aryl methyl sites for hydroxylation is 2. The summed E-state index contributed by atoms with van der Waals surface area (Å²) in [4.78, 5) is 12.3. The Morgan fingerprint density at radius 2 is 2.00 bits per heavy atom. The molecule has 0 saturated heterocycles. The molecule has 6 nitrogen and oxygen atoms in total. The fraction of sp³-hybridized carbons (Fsp3) is 0.364. The van der Waals surface area contributed by atoms with Crippen LogP contribution < -0.4 is 4.72 Å². The van der Waals surface area contributed by atoms with Crippen LogP contribution in [0.5, 0.6) is 0 Å². The maximum Gasteiger partial charge on any atom is 0.240 e. The molecule has 7 heteroatoms. The lowest BCUT2D eigenvalue weighted by Gasteiger charge is -2.23. The summed E-state index contributed by atoms with van der Waals surface area (Å²) >= 11 is 0. The molecule has 152 valence electrons. The number of benzene rings is 1. The summed E-state index contributed by atoms with van der Waals surface area (Å²) in [6.45, 7) is 4.11. The first-order valence-corrected chi connectivity index (χ1v) is 11.6. The topological polar surface area (TPSA) is 87.7 Å². The Balaban J connectivity index is 1.48. The SMILES string of the molecule is CCCc1ccc(S(=O)(=O)NC2CC=C(c3ncnc4[nH]c(C)cc34)CC2)cc1. The molecule has 0 amide bonds. The number of aromatic amines is 1. The lowest BCUT2D eigenvalue weighted by atomic mass is 9.93. The number of hydrogen-bond donors (Lipinski definition) is 2. The Kier molecular flexibility index (Phi) is 5.52. The van der Waals surface area contributed by atoms with Crippen molar-refractivity contribution in [2.24, 2.45) is 0 Å². The average Bonchev–Trinajstić information content (AvgIpc) is 3.09. The zero-order chi connectivity index (χ0) is 20.4. The molecule has 0 aliphatic heterocycles. The van der Waals surface area contributed by atoms with Crippen LogP contribution in [0.25, 0.3) is 16.6 Å². The van der Waals surface area contributed by atoms with E-state index in [1.54, 1.807) is 18.5 Å². The van der Waals surface area contributed by atoms with Gasteiger partial charge in [0.25, 0.3) is 0 Å². The number of H-pyrrole nitrogens is 1. The van der Waals surface area contributed by atoms with Gasteiger partial charge in [-0.25, -0.2) is 23.1 Å². The molecular formula is C22H26N4O2S. The molecule has 2 heterocycles. The van der Waals surface area contributed by atoms with Crippen molar-refractivity contribution in [3.05, 3.63) is 59.7 Å². The molecule has 1 aromatic carbocycles. The van der Waals surface area contributed by atoms with Gasteiger partial charge in [-0.05, 0) is 61.9 Å². The van der Waals surface area contributed by atoms with Gasteiger partial charge in [0.05, 0.1) is 10.6 Å². The van der Waals surface area contributed by atoms with Gasteiger partial charge in [0.1, 0.15) is 12.0 Å². The molecular weight excluding hydrogens is 384 g/mol. The Hall–Kier alpha value is -2.51. The van der Waals surface area contributed by atoms with Crippen molar-refractivity contribution in [2.75, 3.05) is 0 Å². The van der Waals surface area contributed by atoms with Gasteiger partial charge < -0.3 is 4.98 Å². The van der Waals surface area contributed by atoms with E-state index in [2.05, 4.69) is 38.7 Å². The zero-order valence-electron chi connectivity index (χ0n) is 16.8. The van der Waals surface area contributed by atoms with Gasteiger partial charge in [-0.1, -0.05) is 31.6 Å². The van der Waals surface area contributed by atoms with Gasteiger partial charge in [0.2, 0.25) is 10.0 Å². The van der Waals surface area contributed by atoms with Crippen molar-refractivity contribution in [2.45, 2.75) is 56.9 Å². The van der Waals surface area contributed by atoms with E-state index < -0.39 is 10.0 Å². The van der Waals surface area contributed by atoms with Crippen molar-refractivity contribution in [1.29, 1.82) is 0 Å². The minimum atomic E-state index is -3.51. The molecule has 2 aromatic heterocycles. The number of fused-ring (bicyclic) bond motifs is 1. The molecule has 1 aliphatic rings. The third-order valence-electron chi connectivity index (χ3n) is 5.37. The van der Waals surface area contributed by atoms with E-state index in [1.165, 1.54) is 0 Å². The van der Waals surface area contributed by atoms with Crippen molar-refractivity contribution < 1.29 is 8.42 Å². The van der Waals surface area contributed by atoms with Crippen LogP contribution in [0.4, 0.5) is 0 Å².